The Morgan fingerprint density at radius 3 is 1.71 bits per heavy atom. The fraction of sp³-hybridized carbons (Fsp3) is 0.452. The van der Waals surface area contributed by atoms with Gasteiger partial charge in [0.2, 0.25) is 5.88 Å². The number of hydrogen-bond acceptors (Lipinski definition) is 7. The molecule has 1 heterocycles. The minimum atomic E-state index is -0.881. The second kappa shape index (κ2) is 17.0. The smallest absolute Gasteiger partial charge is 0.494 e. The van der Waals surface area contributed by atoms with Crippen molar-refractivity contribution >= 4 is 6.16 Å². The van der Waals surface area contributed by atoms with E-state index in [1.807, 2.05) is 24.3 Å². The Balaban J connectivity index is 1.38. The van der Waals surface area contributed by atoms with E-state index in [-0.39, 0.29) is 5.88 Å². The average molecular weight is 521 g/mol. The molecule has 0 spiro atoms. The SMILES string of the molecule is CCCCCCCCOc1ccc(OC(=O)Oc2cnc(-c3ccc(OCCCCCC)cc3)cn2)cc1. The van der Waals surface area contributed by atoms with Gasteiger partial charge in [-0.3, -0.25) is 0 Å². The van der Waals surface area contributed by atoms with Crippen molar-refractivity contribution in [3.63, 3.8) is 0 Å². The van der Waals surface area contributed by atoms with Crippen LogP contribution in [0.4, 0.5) is 4.79 Å². The Kier molecular flexibility index (Phi) is 13.0. The molecule has 0 aliphatic rings. The number of carbonyl (C=O) groups is 1. The van der Waals surface area contributed by atoms with Gasteiger partial charge in [0.25, 0.3) is 0 Å². The highest BCUT2D eigenvalue weighted by atomic mass is 16.7. The molecular formula is C31H40N2O5. The molecular weight excluding hydrogens is 480 g/mol. The Morgan fingerprint density at radius 2 is 1.13 bits per heavy atom. The third-order valence-electron chi connectivity index (χ3n) is 6.02. The number of benzene rings is 2. The maximum Gasteiger partial charge on any atom is 0.520 e. The van der Waals surface area contributed by atoms with Gasteiger partial charge in [-0.1, -0.05) is 65.2 Å². The molecule has 0 atom stereocenters. The van der Waals surface area contributed by atoms with E-state index in [1.165, 1.54) is 57.6 Å². The number of unbranched alkanes of at least 4 members (excludes halogenated alkanes) is 8. The van der Waals surface area contributed by atoms with Gasteiger partial charge in [0.05, 0.1) is 31.3 Å². The summed E-state index contributed by atoms with van der Waals surface area (Å²) in [6.07, 6.45) is 14.1. The van der Waals surface area contributed by atoms with Gasteiger partial charge in [-0.15, -0.1) is 0 Å². The van der Waals surface area contributed by atoms with Crippen LogP contribution in [0, 0.1) is 0 Å². The summed E-state index contributed by atoms with van der Waals surface area (Å²) in [7, 11) is 0. The largest absolute Gasteiger partial charge is 0.520 e. The minimum Gasteiger partial charge on any atom is -0.494 e. The third-order valence-corrected chi connectivity index (χ3v) is 6.02. The van der Waals surface area contributed by atoms with E-state index in [9.17, 15) is 4.79 Å². The summed E-state index contributed by atoms with van der Waals surface area (Å²) in [6, 6.07) is 14.6. The molecule has 1 aromatic heterocycles. The van der Waals surface area contributed by atoms with Crippen LogP contribution >= 0.6 is 0 Å². The number of aromatic nitrogens is 2. The number of hydrogen-bond donors (Lipinski definition) is 0. The van der Waals surface area contributed by atoms with Crippen LogP contribution in [0.1, 0.15) is 78.1 Å². The van der Waals surface area contributed by atoms with Gasteiger partial charge in [0.15, 0.2) is 0 Å². The maximum absolute atomic E-state index is 12.2. The zero-order valence-electron chi connectivity index (χ0n) is 22.7. The van der Waals surface area contributed by atoms with Gasteiger partial charge in [-0.25, -0.2) is 14.8 Å². The van der Waals surface area contributed by atoms with E-state index < -0.39 is 6.16 Å². The summed E-state index contributed by atoms with van der Waals surface area (Å²) in [5, 5.41) is 0. The lowest BCUT2D eigenvalue weighted by Crippen LogP contribution is -2.14. The summed E-state index contributed by atoms with van der Waals surface area (Å²) in [5.74, 6) is 1.99. The molecule has 7 heteroatoms. The highest BCUT2D eigenvalue weighted by Crippen LogP contribution is 2.22. The Labute approximate surface area is 226 Å². The summed E-state index contributed by atoms with van der Waals surface area (Å²) >= 11 is 0. The second-order valence-electron chi connectivity index (χ2n) is 9.22. The highest BCUT2D eigenvalue weighted by molar-refractivity contribution is 5.66. The van der Waals surface area contributed by atoms with E-state index in [1.54, 1.807) is 30.5 Å². The van der Waals surface area contributed by atoms with Crippen LogP contribution < -0.4 is 18.9 Å². The minimum absolute atomic E-state index is 0.0599. The van der Waals surface area contributed by atoms with E-state index in [2.05, 4.69) is 23.8 Å². The van der Waals surface area contributed by atoms with Gasteiger partial charge >= 0.3 is 6.16 Å². The van der Waals surface area contributed by atoms with Gasteiger partial charge in [-0.05, 0) is 61.4 Å². The average Bonchev–Trinajstić information content (AvgIpc) is 2.94. The van der Waals surface area contributed by atoms with Gasteiger partial charge in [0.1, 0.15) is 17.2 Å². The predicted octanol–water partition coefficient (Wildman–Crippen LogP) is 8.42. The van der Waals surface area contributed by atoms with Crippen molar-refractivity contribution in [1.29, 1.82) is 0 Å². The van der Waals surface area contributed by atoms with Gasteiger partial charge < -0.3 is 18.9 Å². The van der Waals surface area contributed by atoms with Gasteiger partial charge in [0, 0.05) is 5.56 Å². The zero-order valence-corrected chi connectivity index (χ0v) is 22.7. The van der Waals surface area contributed by atoms with Crippen LogP contribution in [0.25, 0.3) is 11.3 Å². The first-order chi connectivity index (χ1) is 18.7. The van der Waals surface area contributed by atoms with Crippen molar-refractivity contribution in [2.75, 3.05) is 13.2 Å². The van der Waals surface area contributed by atoms with Crippen molar-refractivity contribution in [2.24, 2.45) is 0 Å². The first-order valence-electron chi connectivity index (χ1n) is 13.9. The molecule has 0 saturated carbocycles. The van der Waals surface area contributed by atoms with Crippen LogP contribution in [0.5, 0.6) is 23.1 Å². The third kappa shape index (κ3) is 10.8. The maximum atomic E-state index is 12.2. The molecule has 0 bridgehead atoms. The van der Waals surface area contributed by atoms with Crippen LogP contribution in [0.3, 0.4) is 0 Å². The molecule has 0 aliphatic carbocycles. The molecule has 204 valence electrons. The Hall–Kier alpha value is -3.61. The number of rotatable bonds is 17. The van der Waals surface area contributed by atoms with E-state index in [4.69, 9.17) is 18.9 Å². The Bertz CT molecular complexity index is 1050. The number of carbonyl (C=O) groups excluding carboxylic acids is 1. The van der Waals surface area contributed by atoms with Crippen molar-refractivity contribution in [1.82, 2.24) is 9.97 Å². The lowest BCUT2D eigenvalue weighted by atomic mass is 10.1. The molecule has 0 aliphatic heterocycles. The van der Waals surface area contributed by atoms with E-state index in [0.717, 1.165) is 36.5 Å². The van der Waals surface area contributed by atoms with Crippen LogP contribution in [-0.4, -0.2) is 29.3 Å². The van der Waals surface area contributed by atoms with Crippen molar-refractivity contribution in [3.05, 3.63) is 60.9 Å². The molecule has 0 N–H and O–H groups in total. The normalized spacial score (nSPS) is 10.7. The number of nitrogens with zero attached hydrogens (tertiary/aromatic N) is 2. The first kappa shape index (κ1) is 29.0. The van der Waals surface area contributed by atoms with E-state index >= 15 is 0 Å². The fourth-order valence-corrected chi connectivity index (χ4v) is 3.84. The molecule has 0 radical (unpaired) electrons. The first-order valence-corrected chi connectivity index (χ1v) is 13.9. The second-order valence-corrected chi connectivity index (χ2v) is 9.22. The summed E-state index contributed by atoms with van der Waals surface area (Å²) in [4.78, 5) is 20.7. The number of ether oxygens (including phenoxy) is 4. The molecule has 2 aromatic carbocycles. The van der Waals surface area contributed by atoms with E-state index in [0.29, 0.717) is 18.1 Å². The summed E-state index contributed by atoms with van der Waals surface area (Å²) < 4.78 is 21.9. The molecule has 3 aromatic rings. The lowest BCUT2D eigenvalue weighted by molar-refractivity contribution is 0.149. The monoisotopic (exact) mass is 520 g/mol. The van der Waals surface area contributed by atoms with Crippen molar-refractivity contribution in [3.8, 4) is 34.4 Å². The lowest BCUT2D eigenvalue weighted by Gasteiger charge is -2.08. The highest BCUT2D eigenvalue weighted by Gasteiger charge is 2.10. The molecule has 0 saturated heterocycles. The standard InChI is InChI=1S/C31H40N2O5/c1-3-5-7-9-10-12-22-36-27-17-19-28(20-18-27)37-31(34)38-30-24-32-29(23-33-30)25-13-15-26(16-14-25)35-21-11-8-6-4-2/h13-20,23-24H,3-12,21-22H2,1-2H3. The summed E-state index contributed by atoms with van der Waals surface area (Å²) in [6.45, 7) is 5.81. The molecule has 7 nitrogen and oxygen atoms in total. The van der Waals surface area contributed by atoms with Crippen LogP contribution in [0.15, 0.2) is 60.9 Å². The van der Waals surface area contributed by atoms with Gasteiger partial charge in [-0.2, -0.15) is 0 Å². The topological polar surface area (TPSA) is 79.8 Å². The van der Waals surface area contributed by atoms with Crippen LogP contribution in [-0.2, 0) is 0 Å². The summed E-state index contributed by atoms with van der Waals surface area (Å²) in [5.41, 5.74) is 1.56. The Morgan fingerprint density at radius 1 is 0.605 bits per heavy atom. The molecule has 0 unspecified atom stereocenters. The molecule has 38 heavy (non-hydrogen) atoms. The van der Waals surface area contributed by atoms with Crippen molar-refractivity contribution < 1.29 is 23.7 Å². The molecule has 0 fully saturated rings. The fourth-order valence-electron chi connectivity index (χ4n) is 3.84. The molecule has 3 rings (SSSR count). The molecule has 0 amide bonds. The quantitative estimate of drug-likeness (QED) is 0.100. The zero-order chi connectivity index (χ0) is 26.8. The van der Waals surface area contributed by atoms with Crippen molar-refractivity contribution in [2.45, 2.75) is 78.1 Å². The predicted molar refractivity (Wildman–Crippen MR) is 149 cm³/mol. The van der Waals surface area contributed by atoms with Crippen LogP contribution in [0.2, 0.25) is 0 Å².